The summed E-state index contributed by atoms with van der Waals surface area (Å²) in [6.07, 6.45) is 0. The first-order chi connectivity index (χ1) is 21.7. The van der Waals surface area contributed by atoms with Crippen LogP contribution in [-0.2, 0) is 0 Å². The van der Waals surface area contributed by atoms with E-state index in [9.17, 15) is 0 Å². The van der Waals surface area contributed by atoms with Crippen LogP contribution in [0.2, 0.25) is 5.02 Å². The van der Waals surface area contributed by atoms with Crippen molar-refractivity contribution in [2.24, 2.45) is 0 Å². The van der Waals surface area contributed by atoms with Gasteiger partial charge in [0, 0.05) is 31.0 Å². The summed E-state index contributed by atoms with van der Waals surface area (Å²) in [6, 6.07) is 56.1. The van der Waals surface area contributed by atoms with Crippen LogP contribution in [-0.4, -0.2) is 0 Å². The lowest BCUT2D eigenvalue weighted by Crippen LogP contribution is -2.11. The molecule has 0 amide bonds. The molecule has 1 nitrogen and oxygen atoms in total. The smallest absolute Gasteiger partial charge is 0.0660 e. The van der Waals surface area contributed by atoms with Crippen molar-refractivity contribution < 1.29 is 0 Å². The Morgan fingerprint density at radius 1 is 0.386 bits per heavy atom. The predicted molar refractivity (Wildman–Crippen MR) is 189 cm³/mol. The zero-order valence-corrected chi connectivity index (χ0v) is 26.0. The van der Waals surface area contributed by atoms with Crippen LogP contribution in [0.4, 0.5) is 17.1 Å². The van der Waals surface area contributed by atoms with E-state index in [1.807, 2.05) is 11.8 Å². The minimum Gasteiger partial charge on any atom is -0.309 e. The van der Waals surface area contributed by atoms with Gasteiger partial charge in [-0.1, -0.05) is 138 Å². The van der Waals surface area contributed by atoms with E-state index in [1.165, 1.54) is 52.6 Å². The van der Waals surface area contributed by atoms with Gasteiger partial charge in [0.15, 0.2) is 0 Å². The average Bonchev–Trinajstić information content (AvgIpc) is 3.08. The SMILES string of the molecule is Clc1cc2c(cc1N(c1ccc(-c3ccccc3)cc1)c1ccc3cc(-c4ccccc4)ccc3c1)Sc1ccccc1S2. The van der Waals surface area contributed by atoms with Crippen molar-refractivity contribution in [1.29, 1.82) is 0 Å². The molecule has 7 aromatic rings. The van der Waals surface area contributed by atoms with Crippen LogP contribution in [0.1, 0.15) is 0 Å². The Kier molecular flexibility index (Phi) is 7.15. The molecule has 8 rings (SSSR count). The molecule has 0 fully saturated rings. The minimum absolute atomic E-state index is 0.725. The summed E-state index contributed by atoms with van der Waals surface area (Å²) in [5, 5.41) is 3.11. The van der Waals surface area contributed by atoms with Crippen molar-refractivity contribution in [2.75, 3.05) is 4.90 Å². The number of hydrogen-bond acceptors (Lipinski definition) is 3. The number of benzene rings is 7. The van der Waals surface area contributed by atoms with Crippen molar-refractivity contribution in [3.8, 4) is 22.3 Å². The van der Waals surface area contributed by atoms with Gasteiger partial charge in [-0.05, 0) is 87.6 Å². The number of nitrogens with zero attached hydrogens (tertiary/aromatic N) is 1. The first-order valence-corrected chi connectivity index (χ1v) is 16.5. The van der Waals surface area contributed by atoms with Gasteiger partial charge >= 0.3 is 0 Å². The molecule has 44 heavy (non-hydrogen) atoms. The second-order valence-electron chi connectivity index (χ2n) is 10.8. The largest absolute Gasteiger partial charge is 0.309 e. The van der Waals surface area contributed by atoms with Crippen molar-refractivity contribution in [1.82, 2.24) is 0 Å². The Hall–Kier alpha value is -4.41. The molecule has 0 spiro atoms. The highest BCUT2D eigenvalue weighted by Gasteiger charge is 2.23. The van der Waals surface area contributed by atoms with Gasteiger partial charge in [0.2, 0.25) is 0 Å². The summed E-state index contributed by atoms with van der Waals surface area (Å²) >= 11 is 10.7. The molecule has 1 aliphatic heterocycles. The van der Waals surface area contributed by atoms with E-state index in [0.717, 1.165) is 22.1 Å². The minimum atomic E-state index is 0.725. The second kappa shape index (κ2) is 11.6. The molecule has 1 heterocycles. The quantitative estimate of drug-likeness (QED) is 0.189. The second-order valence-corrected chi connectivity index (χ2v) is 13.3. The van der Waals surface area contributed by atoms with E-state index < -0.39 is 0 Å². The molecule has 0 saturated carbocycles. The summed E-state index contributed by atoms with van der Waals surface area (Å²) in [5.74, 6) is 0. The fourth-order valence-electron chi connectivity index (χ4n) is 5.75. The highest BCUT2D eigenvalue weighted by atomic mass is 35.5. The number of rotatable bonds is 5. The van der Waals surface area contributed by atoms with E-state index in [0.29, 0.717) is 0 Å². The van der Waals surface area contributed by atoms with Crippen LogP contribution in [0.15, 0.2) is 177 Å². The molecule has 210 valence electrons. The van der Waals surface area contributed by atoms with Crippen molar-refractivity contribution in [3.63, 3.8) is 0 Å². The third kappa shape index (κ3) is 5.18. The average molecular weight is 620 g/mol. The summed E-state index contributed by atoms with van der Waals surface area (Å²) in [5.41, 5.74) is 7.90. The van der Waals surface area contributed by atoms with Crippen LogP contribution < -0.4 is 4.90 Å². The van der Waals surface area contributed by atoms with Crippen LogP contribution in [0.25, 0.3) is 33.0 Å². The third-order valence-electron chi connectivity index (χ3n) is 7.96. The Bertz CT molecular complexity index is 2130. The maximum absolute atomic E-state index is 7.15. The topological polar surface area (TPSA) is 3.24 Å². The van der Waals surface area contributed by atoms with Gasteiger partial charge in [0.25, 0.3) is 0 Å². The molecule has 0 unspecified atom stereocenters. The molecular formula is C40H26ClNS2. The maximum atomic E-state index is 7.15. The summed E-state index contributed by atoms with van der Waals surface area (Å²) in [7, 11) is 0. The monoisotopic (exact) mass is 619 g/mol. The zero-order chi connectivity index (χ0) is 29.5. The molecule has 4 heteroatoms. The van der Waals surface area contributed by atoms with Gasteiger partial charge in [-0.3, -0.25) is 0 Å². The normalized spacial score (nSPS) is 12.0. The Labute approximate surface area is 271 Å². The fraction of sp³-hybridized carbons (Fsp3) is 0. The van der Waals surface area contributed by atoms with Crippen molar-refractivity contribution >= 4 is 63.0 Å². The number of anilines is 3. The summed E-state index contributed by atoms with van der Waals surface area (Å²) in [6.45, 7) is 0. The predicted octanol–water partition coefficient (Wildman–Crippen LogP) is 12.9. The Morgan fingerprint density at radius 3 is 1.57 bits per heavy atom. The molecule has 0 radical (unpaired) electrons. The lowest BCUT2D eigenvalue weighted by molar-refractivity contribution is 1.14. The molecule has 0 atom stereocenters. The molecule has 0 N–H and O–H groups in total. The Balaban J connectivity index is 1.24. The molecule has 0 saturated heterocycles. The van der Waals surface area contributed by atoms with E-state index >= 15 is 0 Å². The zero-order valence-electron chi connectivity index (χ0n) is 23.7. The maximum Gasteiger partial charge on any atom is 0.0660 e. The van der Waals surface area contributed by atoms with Crippen LogP contribution in [0, 0.1) is 0 Å². The van der Waals surface area contributed by atoms with Crippen LogP contribution in [0.5, 0.6) is 0 Å². The van der Waals surface area contributed by atoms with Crippen molar-refractivity contribution in [3.05, 3.63) is 163 Å². The lowest BCUT2D eigenvalue weighted by Gasteiger charge is -2.29. The highest BCUT2D eigenvalue weighted by molar-refractivity contribution is 8.05. The number of hydrogen-bond donors (Lipinski definition) is 0. The number of fused-ring (bicyclic) bond motifs is 3. The van der Waals surface area contributed by atoms with E-state index in [4.69, 9.17) is 11.6 Å². The van der Waals surface area contributed by atoms with Gasteiger partial charge in [0.05, 0.1) is 10.7 Å². The highest BCUT2D eigenvalue weighted by Crippen LogP contribution is 2.52. The third-order valence-corrected chi connectivity index (χ3v) is 10.8. The van der Waals surface area contributed by atoms with Gasteiger partial charge in [-0.15, -0.1) is 0 Å². The summed E-state index contributed by atoms with van der Waals surface area (Å²) in [4.78, 5) is 7.23. The lowest BCUT2D eigenvalue weighted by atomic mass is 10.0. The first kappa shape index (κ1) is 27.2. The van der Waals surface area contributed by atoms with Gasteiger partial charge < -0.3 is 4.90 Å². The Morgan fingerprint density at radius 2 is 0.886 bits per heavy atom. The van der Waals surface area contributed by atoms with Crippen LogP contribution in [0.3, 0.4) is 0 Å². The standard InChI is InChI=1S/C40H26ClNS2/c41-35-25-39-40(44-38-14-8-7-13-37(38)43-39)26-36(35)42(33-20-17-29(18-21-33)27-9-3-1-4-10-27)34-22-19-31-23-30(15-16-32(31)24-34)28-11-5-2-6-12-28/h1-26H. The van der Waals surface area contributed by atoms with Gasteiger partial charge in [0.1, 0.15) is 0 Å². The fourth-order valence-corrected chi connectivity index (χ4v) is 8.34. The molecule has 1 aliphatic rings. The van der Waals surface area contributed by atoms with Gasteiger partial charge in [-0.2, -0.15) is 0 Å². The first-order valence-electron chi connectivity index (χ1n) is 14.5. The molecule has 0 aromatic heterocycles. The molecule has 0 bridgehead atoms. The molecule has 7 aromatic carbocycles. The van der Waals surface area contributed by atoms with E-state index in [1.54, 1.807) is 11.8 Å². The number of halogens is 1. The van der Waals surface area contributed by atoms with E-state index in [2.05, 4.69) is 163 Å². The van der Waals surface area contributed by atoms with Gasteiger partial charge in [-0.25, -0.2) is 0 Å². The van der Waals surface area contributed by atoms with Crippen molar-refractivity contribution in [2.45, 2.75) is 19.6 Å². The van der Waals surface area contributed by atoms with E-state index in [-0.39, 0.29) is 0 Å². The molecule has 0 aliphatic carbocycles. The summed E-state index contributed by atoms with van der Waals surface area (Å²) < 4.78 is 0. The van der Waals surface area contributed by atoms with Crippen LogP contribution >= 0.6 is 35.1 Å². The molecular weight excluding hydrogens is 594 g/mol.